The molecule has 2 N–H and O–H groups in total. The van der Waals surface area contributed by atoms with Gasteiger partial charge in [0.25, 0.3) is 0 Å². The molecule has 1 heterocycles. The molecular formula is C18H28N2. The molecule has 110 valence electrons. The Kier molecular flexibility index (Phi) is 4.42. The second-order valence-corrected chi connectivity index (χ2v) is 6.76. The molecule has 0 radical (unpaired) electrons. The molecular weight excluding hydrogens is 244 g/mol. The molecule has 2 nitrogen and oxygen atoms in total. The van der Waals surface area contributed by atoms with Gasteiger partial charge in [0.1, 0.15) is 0 Å². The molecule has 0 aromatic heterocycles. The molecule has 3 rings (SSSR count). The predicted octanol–water partition coefficient (Wildman–Crippen LogP) is 3.51. The van der Waals surface area contributed by atoms with Crippen molar-refractivity contribution >= 4 is 0 Å². The maximum absolute atomic E-state index is 6.67. The van der Waals surface area contributed by atoms with Gasteiger partial charge in [-0.15, -0.1) is 0 Å². The lowest BCUT2D eigenvalue weighted by Crippen LogP contribution is -2.43. The van der Waals surface area contributed by atoms with E-state index < -0.39 is 0 Å². The van der Waals surface area contributed by atoms with Crippen molar-refractivity contribution in [2.45, 2.75) is 57.5 Å². The topological polar surface area (TPSA) is 29.3 Å². The van der Waals surface area contributed by atoms with E-state index in [2.05, 4.69) is 36.1 Å². The van der Waals surface area contributed by atoms with Crippen LogP contribution in [0.1, 0.15) is 56.2 Å². The summed E-state index contributed by atoms with van der Waals surface area (Å²) in [5.74, 6) is 0.884. The highest BCUT2D eigenvalue weighted by Crippen LogP contribution is 2.32. The number of fused-ring (bicyclic) bond motifs is 1. The zero-order chi connectivity index (χ0) is 13.9. The fraction of sp³-hybridized carbons (Fsp3) is 0.667. The van der Waals surface area contributed by atoms with Gasteiger partial charge < -0.3 is 5.73 Å². The second-order valence-electron chi connectivity index (χ2n) is 6.76. The summed E-state index contributed by atoms with van der Waals surface area (Å²) in [4.78, 5) is 2.69. The average molecular weight is 272 g/mol. The highest BCUT2D eigenvalue weighted by Gasteiger charge is 2.30. The van der Waals surface area contributed by atoms with Crippen LogP contribution in [-0.2, 0) is 6.42 Å². The van der Waals surface area contributed by atoms with E-state index in [0.717, 1.165) is 5.92 Å². The van der Waals surface area contributed by atoms with Gasteiger partial charge in [0.05, 0.1) is 0 Å². The largest absolute Gasteiger partial charge is 0.323 e. The second kappa shape index (κ2) is 6.28. The minimum atomic E-state index is 0.196. The first-order valence-electron chi connectivity index (χ1n) is 8.33. The summed E-state index contributed by atoms with van der Waals surface area (Å²) < 4.78 is 0. The Bertz CT molecular complexity index is 443. The Labute approximate surface area is 123 Å². The quantitative estimate of drug-likeness (QED) is 0.793. The third-order valence-electron chi connectivity index (χ3n) is 5.30. The van der Waals surface area contributed by atoms with Gasteiger partial charge in [0.15, 0.2) is 0 Å². The Hall–Kier alpha value is -0.860. The van der Waals surface area contributed by atoms with Crippen LogP contribution < -0.4 is 5.73 Å². The van der Waals surface area contributed by atoms with E-state index in [-0.39, 0.29) is 6.04 Å². The normalized spacial score (nSPS) is 32.2. The standard InChI is InChI=1S/C18H28N2/c1-14-6-5-12-20(13-11-14)17-10-4-8-15-7-2-3-9-16(15)18(17)19/h2-3,7,9,14,17-18H,4-6,8,10-13,19H2,1H3. The van der Waals surface area contributed by atoms with Crippen LogP contribution in [0.3, 0.4) is 0 Å². The number of nitrogens with zero attached hydrogens (tertiary/aromatic N) is 1. The van der Waals surface area contributed by atoms with Gasteiger partial charge in [0.2, 0.25) is 0 Å². The predicted molar refractivity (Wildman–Crippen MR) is 84.7 cm³/mol. The highest BCUT2D eigenvalue weighted by atomic mass is 15.2. The Morgan fingerprint density at radius 1 is 1.05 bits per heavy atom. The lowest BCUT2D eigenvalue weighted by atomic mass is 9.96. The Morgan fingerprint density at radius 3 is 2.80 bits per heavy atom. The van der Waals surface area contributed by atoms with Gasteiger partial charge in [-0.05, 0) is 68.7 Å². The van der Waals surface area contributed by atoms with Crippen LogP contribution >= 0.6 is 0 Å². The molecule has 2 heteroatoms. The third-order valence-corrected chi connectivity index (χ3v) is 5.30. The van der Waals surface area contributed by atoms with Crippen LogP contribution in [0.15, 0.2) is 24.3 Å². The van der Waals surface area contributed by atoms with E-state index in [1.54, 1.807) is 0 Å². The maximum Gasteiger partial charge on any atom is 0.0455 e. The molecule has 1 fully saturated rings. The highest BCUT2D eigenvalue weighted by molar-refractivity contribution is 5.32. The number of nitrogens with two attached hydrogens (primary N) is 1. The lowest BCUT2D eigenvalue weighted by Gasteiger charge is -2.34. The van der Waals surface area contributed by atoms with Crippen LogP contribution in [-0.4, -0.2) is 24.0 Å². The number of rotatable bonds is 1. The van der Waals surface area contributed by atoms with Crippen molar-refractivity contribution in [1.82, 2.24) is 4.90 Å². The van der Waals surface area contributed by atoms with Crippen LogP contribution in [0.25, 0.3) is 0 Å². The fourth-order valence-corrected chi connectivity index (χ4v) is 4.00. The van der Waals surface area contributed by atoms with E-state index in [4.69, 9.17) is 5.73 Å². The van der Waals surface area contributed by atoms with Gasteiger partial charge in [-0.25, -0.2) is 0 Å². The molecule has 2 aliphatic rings. The molecule has 0 amide bonds. The van der Waals surface area contributed by atoms with Gasteiger partial charge in [-0.2, -0.15) is 0 Å². The molecule has 20 heavy (non-hydrogen) atoms. The maximum atomic E-state index is 6.67. The van der Waals surface area contributed by atoms with E-state index in [1.807, 2.05) is 0 Å². The van der Waals surface area contributed by atoms with E-state index in [0.29, 0.717) is 6.04 Å². The minimum absolute atomic E-state index is 0.196. The summed E-state index contributed by atoms with van der Waals surface area (Å²) in [7, 11) is 0. The molecule has 0 saturated carbocycles. The van der Waals surface area contributed by atoms with Gasteiger partial charge in [0, 0.05) is 12.1 Å². The number of hydrogen-bond acceptors (Lipinski definition) is 2. The van der Waals surface area contributed by atoms with E-state index >= 15 is 0 Å². The summed E-state index contributed by atoms with van der Waals surface area (Å²) in [6.45, 7) is 4.87. The number of likely N-dealkylation sites (tertiary alicyclic amines) is 1. The van der Waals surface area contributed by atoms with Crippen molar-refractivity contribution in [3.63, 3.8) is 0 Å². The number of aryl methyl sites for hydroxylation is 1. The average Bonchev–Trinajstić information content (AvgIpc) is 2.76. The van der Waals surface area contributed by atoms with Crippen molar-refractivity contribution in [3.8, 4) is 0 Å². The molecule has 1 saturated heterocycles. The first kappa shape index (κ1) is 14.1. The molecule has 1 aliphatic heterocycles. The monoisotopic (exact) mass is 272 g/mol. The summed E-state index contributed by atoms with van der Waals surface area (Å²) >= 11 is 0. The summed E-state index contributed by atoms with van der Waals surface area (Å²) in [6.07, 6.45) is 7.79. The van der Waals surface area contributed by atoms with Gasteiger partial charge >= 0.3 is 0 Å². The molecule has 1 aliphatic carbocycles. The van der Waals surface area contributed by atoms with Crippen molar-refractivity contribution in [2.75, 3.05) is 13.1 Å². The van der Waals surface area contributed by atoms with Crippen LogP contribution in [0.5, 0.6) is 0 Å². The van der Waals surface area contributed by atoms with Crippen LogP contribution in [0.4, 0.5) is 0 Å². The summed E-state index contributed by atoms with van der Waals surface area (Å²) in [5.41, 5.74) is 9.54. The number of hydrogen-bond donors (Lipinski definition) is 1. The third kappa shape index (κ3) is 2.91. The van der Waals surface area contributed by atoms with Crippen molar-refractivity contribution < 1.29 is 0 Å². The Morgan fingerprint density at radius 2 is 1.90 bits per heavy atom. The zero-order valence-corrected chi connectivity index (χ0v) is 12.7. The van der Waals surface area contributed by atoms with Crippen molar-refractivity contribution in [3.05, 3.63) is 35.4 Å². The summed E-state index contributed by atoms with van der Waals surface area (Å²) in [6, 6.07) is 9.55. The summed E-state index contributed by atoms with van der Waals surface area (Å²) in [5, 5.41) is 0. The molecule has 0 spiro atoms. The first-order valence-corrected chi connectivity index (χ1v) is 8.33. The van der Waals surface area contributed by atoms with Crippen LogP contribution in [0.2, 0.25) is 0 Å². The molecule has 0 bridgehead atoms. The van der Waals surface area contributed by atoms with Gasteiger partial charge in [-0.3, -0.25) is 4.90 Å². The smallest absolute Gasteiger partial charge is 0.0455 e. The molecule has 3 unspecified atom stereocenters. The minimum Gasteiger partial charge on any atom is -0.323 e. The molecule has 1 aromatic carbocycles. The van der Waals surface area contributed by atoms with E-state index in [9.17, 15) is 0 Å². The van der Waals surface area contributed by atoms with Crippen molar-refractivity contribution in [1.29, 1.82) is 0 Å². The fourth-order valence-electron chi connectivity index (χ4n) is 4.00. The lowest BCUT2D eigenvalue weighted by molar-refractivity contribution is 0.166. The molecule has 1 aromatic rings. The van der Waals surface area contributed by atoms with Gasteiger partial charge in [-0.1, -0.05) is 31.2 Å². The Balaban J connectivity index is 1.79. The zero-order valence-electron chi connectivity index (χ0n) is 12.7. The first-order chi connectivity index (χ1) is 9.75. The SMILES string of the molecule is CC1CCCN(C2CCCc3ccccc3C2N)CC1. The van der Waals surface area contributed by atoms with Crippen LogP contribution in [0, 0.1) is 5.92 Å². The number of benzene rings is 1. The van der Waals surface area contributed by atoms with E-state index in [1.165, 1.54) is 62.7 Å². The molecule has 3 atom stereocenters. The van der Waals surface area contributed by atoms with Crippen molar-refractivity contribution in [2.24, 2.45) is 11.7 Å².